The first-order valence-corrected chi connectivity index (χ1v) is 13.8. The van der Waals surface area contributed by atoms with Crippen molar-refractivity contribution in [3.05, 3.63) is 65.0 Å². The second kappa shape index (κ2) is 13.5. The molecular formula is C30H42ClN7O3. The number of nitrogens with one attached hydrogen (secondary N) is 2. The molecule has 1 saturated heterocycles. The fourth-order valence-electron chi connectivity index (χ4n) is 5.35. The monoisotopic (exact) mass is 583 g/mol. The number of amidine groups is 1. The van der Waals surface area contributed by atoms with Crippen molar-refractivity contribution in [3.63, 3.8) is 0 Å². The molecule has 1 aliphatic heterocycles. The van der Waals surface area contributed by atoms with Gasteiger partial charge in [0.05, 0.1) is 30.1 Å². The van der Waals surface area contributed by atoms with Gasteiger partial charge >= 0.3 is 5.97 Å². The SMILES string of the molecule is CCOC(=O)CCNC(c1ccc(C(=N)N)cc1)c1nc2cc(C(C)(C(=O)N3CCCC3)N(C)C)ccc2n1C.Cl. The van der Waals surface area contributed by atoms with E-state index in [1.807, 2.05) is 84.9 Å². The molecule has 0 saturated carbocycles. The first-order chi connectivity index (χ1) is 19.1. The third-order valence-electron chi connectivity index (χ3n) is 7.98. The Bertz CT molecular complexity index is 1380. The normalized spacial score (nSPS) is 15.4. The summed E-state index contributed by atoms with van der Waals surface area (Å²) in [5.74, 6) is 0.612. The van der Waals surface area contributed by atoms with Crippen LogP contribution < -0.4 is 11.1 Å². The standard InChI is InChI=1S/C30H41N7O3.ClH/c1-6-40-25(38)15-16-33-26(20-9-11-21(12-10-20)27(31)32)28-34-23-19-22(13-14-24(23)36(28)5)30(2,35(3)4)29(39)37-17-7-8-18-37;/h9-14,19,26,33H,6-8,15-18H2,1-5H3,(H3,31,32);1H. The van der Waals surface area contributed by atoms with Gasteiger partial charge < -0.3 is 25.3 Å². The number of amides is 1. The van der Waals surface area contributed by atoms with Crippen LogP contribution in [-0.2, 0) is 26.9 Å². The molecule has 2 aromatic carbocycles. The van der Waals surface area contributed by atoms with E-state index >= 15 is 0 Å². The highest BCUT2D eigenvalue weighted by molar-refractivity contribution is 5.95. The van der Waals surface area contributed by atoms with E-state index in [0.29, 0.717) is 18.7 Å². The zero-order chi connectivity index (χ0) is 29.0. The van der Waals surface area contributed by atoms with Gasteiger partial charge in [0.15, 0.2) is 0 Å². The summed E-state index contributed by atoms with van der Waals surface area (Å²) >= 11 is 0. The summed E-state index contributed by atoms with van der Waals surface area (Å²) in [5, 5.41) is 11.2. The van der Waals surface area contributed by atoms with Crippen molar-refractivity contribution in [1.82, 2.24) is 24.7 Å². The first kappa shape index (κ1) is 32.0. The summed E-state index contributed by atoms with van der Waals surface area (Å²) in [6.07, 6.45) is 2.30. The van der Waals surface area contributed by atoms with Crippen molar-refractivity contribution in [2.75, 3.05) is 40.3 Å². The lowest BCUT2D eigenvalue weighted by molar-refractivity contribution is -0.143. The van der Waals surface area contributed by atoms with E-state index in [1.165, 1.54) is 0 Å². The molecule has 2 atom stereocenters. The van der Waals surface area contributed by atoms with Crippen molar-refractivity contribution in [2.45, 2.75) is 44.7 Å². The van der Waals surface area contributed by atoms with Gasteiger partial charge in [0.1, 0.15) is 17.2 Å². The minimum atomic E-state index is -0.823. The van der Waals surface area contributed by atoms with Crippen molar-refractivity contribution in [1.29, 1.82) is 5.41 Å². The maximum Gasteiger partial charge on any atom is 0.307 e. The summed E-state index contributed by atoms with van der Waals surface area (Å²) in [6.45, 7) is 6.09. The Kier molecular flexibility index (Phi) is 10.5. The molecular weight excluding hydrogens is 542 g/mol. The zero-order valence-corrected chi connectivity index (χ0v) is 25.4. The highest BCUT2D eigenvalue weighted by Crippen LogP contribution is 2.33. The number of esters is 1. The lowest BCUT2D eigenvalue weighted by atomic mass is 9.88. The number of imidazole rings is 1. The lowest BCUT2D eigenvalue weighted by Crippen LogP contribution is -2.52. The van der Waals surface area contributed by atoms with Crippen LogP contribution in [0.4, 0.5) is 0 Å². The van der Waals surface area contributed by atoms with Crippen LogP contribution in [0.1, 0.15) is 61.7 Å². The molecule has 1 aromatic heterocycles. The van der Waals surface area contributed by atoms with E-state index in [-0.39, 0.29) is 42.6 Å². The number of nitrogens with two attached hydrogens (primary N) is 1. The van der Waals surface area contributed by atoms with Gasteiger partial charge in [-0.1, -0.05) is 30.3 Å². The number of fused-ring (bicyclic) bond motifs is 1. The van der Waals surface area contributed by atoms with Gasteiger partial charge in [-0.15, -0.1) is 12.4 Å². The number of ether oxygens (including phenoxy) is 1. The number of benzene rings is 2. The molecule has 1 amide bonds. The van der Waals surface area contributed by atoms with E-state index in [0.717, 1.165) is 53.9 Å². The fourth-order valence-corrected chi connectivity index (χ4v) is 5.35. The number of hydrogen-bond donors (Lipinski definition) is 3. The number of nitrogen functional groups attached to an aromatic ring is 1. The molecule has 0 radical (unpaired) electrons. The molecule has 222 valence electrons. The molecule has 11 heteroatoms. The Morgan fingerprint density at radius 3 is 2.41 bits per heavy atom. The molecule has 4 rings (SSSR count). The summed E-state index contributed by atoms with van der Waals surface area (Å²) in [5.41, 5.74) is 9.02. The number of aromatic nitrogens is 2. The average molecular weight is 584 g/mol. The number of carbonyl (C=O) groups excluding carboxylic acids is 2. The number of rotatable bonds is 11. The smallest absolute Gasteiger partial charge is 0.307 e. The Balaban J connectivity index is 0.00000462. The molecule has 10 nitrogen and oxygen atoms in total. The predicted molar refractivity (Wildman–Crippen MR) is 163 cm³/mol. The molecule has 2 heterocycles. The Hall–Kier alpha value is -3.47. The molecule has 3 aromatic rings. The van der Waals surface area contributed by atoms with Crippen LogP contribution in [0, 0.1) is 5.41 Å². The Morgan fingerprint density at radius 2 is 1.83 bits per heavy atom. The van der Waals surface area contributed by atoms with E-state index < -0.39 is 5.54 Å². The maximum absolute atomic E-state index is 13.7. The van der Waals surface area contributed by atoms with Gasteiger partial charge in [0.25, 0.3) is 0 Å². The number of likely N-dealkylation sites (tertiary alicyclic amines) is 1. The molecule has 2 unspecified atom stereocenters. The Labute approximate surface area is 248 Å². The van der Waals surface area contributed by atoms with Crippen LogP contribution in [0.5, 0.6) is 0 Å². The molecule has 41 heavy (non-hydrogen) atoms. The van der Waals surface area contributed by atoms with Crippen molar-refractivity contribution < 1.29 is 14.3 Å². The first-order valence-electron chi connectivity index (χ1n) is 13.8. The summed E-state index contributed by atoms with van der Waals surface area (Å²) in [6, 6.07) is 13.2. The molecule has 1 aliphatic rings. The summed E-state index contributed by atoms with van der Waals surface area (Å²) in [7, 11) is 5.85. The molecule has 1 fully saturated rings. The number of nitrogens with zero attached hydrogens (tertiary/aromatic N) is 4. The van der Waals surface area contributed by atoms with Crippen LogP contribution in [0.15, 0.2) is 42.5 Å². The second-order valence-electron chi connectivity index (χ2n) is 10.7. The topological polar surface area (TPSA) is 130 Å². The van der Waals surface area contributed by atoms with Gasteiger partial charge in [-0.25, -0.2) is 4.98 Å². The highest BCUT2D eigenvalue weighted by Gasteiger charge is 2.41. The van der Waals surface area contributed by atoms with Crippen molar-refractivity contribution >= 4 is 41.2 Å². The third kappa shape index (κ3) is 6.55. The average Bonchev–Trinajstić information content (AvgIpc) is 3.59. The molecule has 0 spiro atoms. The summed E-state index contributed by atoms with van der Waals surface area (Å²) < 4.78 is 7.13. The minimum Gasteiger partial charge on any atom is -0.466 e. The fraction of sp³-hybridized carbons (Fsp3) is 0.467. The lowest BCUT2D eigenvalue weighted by Gasteiger charge is -2.38. The quantitative estimate of drug-likeness (QED) is 0.179. The predicted octanol–water partition coefficient (Wildman–Crippen LogP) is 3.31. The number of hydrogen-bond acceptors (Lipinski definition) is 7. The van der Waals surface area contributed by atoms with E-state index in [9.17, 15) is 9.59 Å². The number of likely N-dealkylation sites (N-methyl/N-ethyl adjacent to an activating group) is 1. The second-order valence-corrected chi connectivity index (χ2v) is 10.7. The minimum absolute atomic E-state index is 0. The van der Waals surface area contributed by atoms with Gasteiger partial charge in [-0.2, -0.15) is 0 Å². The van der Waals surface area contributed by atoms with Gasteiger partial charge in [0, 0.05) is 32.2 Å². The van der Waals surface area contributed by atoms with E-state index in [1.54, 1.807) is 6.92 Å². The number of halogens is 1. The molecule has 0 aliphatic carbocycles. The van der Waals surface area contributed by atoms with Crippen LogP contribution >= 0.6 is 12.4 Å². The van der Waals surface area contributed by atoms with Gasteiger partial charge in [0.2, 0.25) is 5.91 Å². The van der Waals surface area contributed by atoms with E-state index in [4.69, 9.17) is 20.9 Å². The van der Waals surface area contributed by atoms with Crippen LogP contribution in [-0.4, -0.2) is 77.4 Å². The summed E-state index contributed by atoms with van der Waals surface area (Å²) in [4.78, 5) is 34.7. The van der Waals surface area contributed by atoms with Gasteiger partial charge in [-0.3, -0.25) is 19.9 Å². The highest BCUT2D eigenvalue weighted by atomic mass is 35.5. The zero-order valence-electron chi connectivity index (χ0n) is 24.6. The molecule has 0 bridgehead atoms. The third-order valence-corrected chi connectivity index (χ3v) is 7.98. The van der Waals surface area contributed by atoms with Gasteiger partial charge in [-0.05, 0) is 64.0 Å². The van der Waals surface area contributed by atoms with Crippen LogP contribution in [0.3, 0.4) is 0 Å². The van der Waals surface area contributed by atoms with Crippen molar-refractivity contribution in [3.8, 4) is 0 Å². The number of carbonyl (C=O) groups is 2. The maximum atomic E-state index is 13.7. The largest absolute Gasteiger partial charge is 0.466 e. The van der Waals surface area contributed by atoms with Crippen LogP contribution in [0.2, 0.25) is 0 Å². The molecule has 4 N–H and O–H groups in total. The van der Waals surface area contributed by atoms with E-state index in [2.05, 4.69) is 5.32 Å². The van der Waals surface area contributed by atoms with Crippen LogP contribution in [0.25, 0.3) is 11.0 Å². The van der Waals surface area contributed by atoms with Crippen molar-refractivity contribution in [2.24, 2.45) is 12.8 Å². The Morgan fingerprint density at radius 1 is 1.17 bits per heavy atom. The number of aryl methyl sites for hydroxylation is 1.